The highest BCUT2D eigenvalue weighted by molar-refractivity contribution is 5.94. The van der Waals surface area contributed by atoms with Crippen molar-refractivity contribution in [3.05, 3.63) is 65.5 Å². The third-order valence-corrected chi connectivity index (χ3v) is 4.50. The molecule has 0 aliphatic carbocycles. The van der Waals surface area contributed by atoms with E-state index in [4.69, 9.17) is 0 Å². The number of hydrogen-bond donors (Lipinski definition) is 1. The van der Waals surface area contributed by atoms with Crippen LogP contribution in [0.3, 0.4) is 0 Å². The number of benzene rings is 1. The molecule has 26 heavy (non-hydrogen) atoms. The third kappa shape index (κ3) is 4.22. The van der Waals surface area contributed by atoms with E-state index in [1.165, 1.54) is 4.90 Å². The molecular formula is C19H19F2N3O2. The van der Waals surface area contributed by atoms with Gasteiger partial charge in [-0.25, -0.2) is 8.78 Å². The fourth-order valence-electron chi connectivity index (χ4n) is 3.01. The lowest BCUT2D eigenvalue weighted by Gasteiger charge is -2.31. The predicted octanol–water partition coefficient (Wildman–Crippen LogP) is 2.53. The van der Waals surface area contributed by atoms with Crippen LogP contribution in [-0.2, 0) is 11.3 Å². The smallest absolute Gasteiger partial charge is 0.256 e. The monoisotopic (exact) mass is 359 g/mol. The van der Waals surface area contributed by atoms with Crippen molar-refractivity contribution < 1.29 is 18.4 Å². The van der Waals surface area contributed by atoms with Crippen molar-refractivity contribution in [1.82, 2.24) is 15.2 Å². The van der Waals surface area contributed by atoms with Crippen LogP contribution < -0.4 is 5.32 Å². The number of carbonyl (C=O) groups excluding carboxylic acids is 2. The Labute approximate surface area is 150 Å². The van der Waals surface area contributed by atoms with Crippen molar-refractivity contribution in [2.24, 2.45) is 5.92 Å². The Kier molecular flexibility index (Phi) is 5.55. The summed E-state index contributed by atoms with van der Waals surface area (Å²) >= 11 is 0. The van der Waals surface area contributed by atoms with Crippen LogP contribution in [0.4, 0.5) is 8.78 Å². The minimum atomic E-state index is -0.869. The standard InChI is InChI=1S/C19H19F2N3O2/c20-15-3-4-16(17(21)10-15)19(26)24-8-5-14(6-9-24)18(25)23-12-13-2-1-7-22-11-13/h1-4,7,10-11,14H,5-6,8-9,12H2,(H,23,25). The summed E-state index contributed by atoms with van der Waals surface area (Å²) in [7, 11) is 0. The normalized spacial score (nSPS) is 14.9. The largest absolute Gasteiger partial charge is 0.352 e. The predicted molar refractivity (Wildman–Crippen MR) is 91.1 cm³/mol. The van der Waals surface area contributed by atoms with E-state index >= 15 is 0 Å². The summed E-state index contributed by atoms with van der Waals surface area (Å²) in [6, 6.07) is 6.60. The fraction of sp³-hybridized carbons (Fsp3) is 0.316. The Bertz CT molecular complexity index is 791. The summed E-state index contributed by atoms with van der Waals surface area (Å²) in [5, 5.41) is 2.88. The van der Waals surface area contributed by atoms with Gasteiger partial charge in [-0.05, 0) is 36.6 Å². The van der Waals surface area contributed by atoms with Gasteiger partial charge in [-0.3, -0.25) is 14.6 Å². The van der Waals surface area contributed by atoms with E-state index in [0.29, 0.717) is 38.5 Å². The first kappa shape index (κ1) is 18.0. The van der Waals surface area contributed by atoms with Gasteiger partial charge in [0.05, 0.1) is 5.56 Å². The number of nitrogens with one attached hydrogen (secondary N) is 1. The maximum absolute atomic E-state index is 13.8. The number of carbonyl (C=O) groups is 2. The lowest BCUT2D eigenvalue weighted by Crippen LogP contribution is -2.43. The summed E-state index contributed by atoms with van der Waals surface area (Å²) < 4.78 is 26.7. The molecule has 0 saturated carbocycles. The third-order valence-electron chi connectivity index (χ3n) is 4.50. The Morgan fingerprint density at radius 2 is 1.96 bits per heavy atom. The minimum absolute atomic E-state index is 0.0612. The van der Waals surface area contributed by atoms with Crippen molar-refractivity contribution in [2.75, 3.05) is 13.1 Å². The second kappa shape index (κ2) is 8.03. The zero-order valence-electron chi connectivity index (χ0n) is 14.1. The maximum Gasteiger partial charge on any atom is 0.256 e. The second-order valence-corrected chi connectivity index (χ2v) is 6.27. The molecule has 1 aliphatic heterocycles. The molecule has 1 aromatic carbocycles. The molecule has 0 bridgehead atoms. The average Bonchev–Trinajstić information content (AvgIpc) is 2.66. The lowest BCUT2D eigenvalue weighted by molar-refractivity contribution is -0.126. The highest BCUT2D eigenvalue weighted by atomic mass is 19.1. The number of rotatable bonds is 4. The number of nitrogens with zero attached hydrogens (tertiary/aromatic N) is 2. The van der Waals surface area contributed by atoms with E-state index < -0.39 is 17.5 Å². The Balaban J connectivity index is 1.52. The maximum atomic E-state index is 13.8. The first-order valence-electron chi connectivity index (χ1n) is 8.45. The molecule has 0 radical (unpaired) electrons. The number of aromatic nitrogens is 1. The molecule has 1 aromatic heterocycles. The molecule has 2 heterocycles. The van der Waals surface area contributed by atoms with E-state index in [1.54, 1.807) is 18.5 Å². The van der Waals surface area contributed by atoms with Gasteiger partial charge in [0.15, 0.2) is 0 Å². The quantitative estimate of drug-likeness (QED) is 0.913. The van der Waals surface area contributed by atoms with Crippen LogP contribution in [0.15, 0.2) is 42.7 Å². The Morgan fingerprint density at radius 1 is 1.19 bits per heavy atom. The zero-order valence-corrected chi connectivity index (χ0v) is 14.1. The van der Waals surface area contributed by atoms with E-state index in [9.17, 15) is 18.4 Å². The Morgan fingerprint density at radius 3 is 2.62 bits per heavy atom. The molecule has 3 rings (SSSR count). The molecule has 5 nitrogen and oxygen atoms in total. The lowest BCUT2D eigenvalue weighted by atomic mass is 9.95. The minimum Gasteiger partial charge on any atom is -0.352 e. The molecule has 1 saturated heterocycles. The SMILES string of the molecule is O=C(NCc1cccnc1)C1CCN(C(=O)c2ccc(F)cc2F)CC1. The van der Waals surface area contributed by atoms with Gasteiger partial charge in [0.1, 0.15) is 11.6 Å². The Hall–Kier alpha value is -2.83. The van der Waals surface area contributed by atoms with Gasteiger partial charge in [-0.15, -0.1) is 0 Å². The topological polar surface area (TPSA) is 62.3 Å². The van der Waals surface area contributed by atoms with Crippen molar-refractivity contribution in [2.45, 2.75) is 19.4 Å². The van der Waals surface area contributed by atoms with Crippen LogP contribution >= 0.6 is 0 Å². The van der Waals surface area contributed by atoms with Gasteiger partial charge in [0.25, 0.3) is 5.91 Å². The number of pyridine rings is 1. The highest BCUT2D eigenvalue weighted by Crippen LogP contribution is 2.21. The van der Waals surface area contributed by atoms with Crippen LogP contribution in [0.25, 0.3) is 0 Å². The van der Waals surface area contributed by atoms with E-state index in [1.807, 2.05) is 6.07 Å². The van der Waals surface area contributed by atoms with Crippen molar-refractivity contribution in [3.63, 3.8) is 0 Å². The van der Waals surface area contributed by atoms with E-state index in [-0.39, 0.29) is 17.4 Å². The summed E-state index contributed by atoms with van der Waals surface area (Å²) in [6.07, 6.45) is 4.38. The molecule has 0 spiro atoms. The molecule has 2 amide bonds. The molecule has 1 N–H and O–H groups in total. The summed E-state index contributed by atoms with van der Waals surface area (Å²) in [5.41, 5.74) is 0.770. The number of hydrogen-bond acceptors (Lipinski definition) is 3. The van der Waals surface area contributed by atoms with Crippen molar-refractivity contribution in [3.8, 4) is 0 Å². The van der Waals surface area contributed by atoms with Crippen molar-refractivity contribution in [1.29, 1.82) is 0 Å². The summed E-state index contributed by atoms with van der Waals surface area (Å²) in [6.45, 7) is 1.13. The van der Waals surface area contributed by atoms with Gasteiger partial charge in [0.2, 0.25) is 5.91 Å². The molecule has 136 valence electrons. The first-order valence-corrected chi connectivity index (χ1v) is 8.45. The number of halogens is 2. The molecule has 0 atom stereocenters. The molecule has 1 fully saturated rings. The second-order valence-electron chi connectivity index (χ2n) is 6.27. The fourth-order valence-corrected chi connectivity index (χ4v) is 3.01. The molecule has 1 aliphatic rings. The average molecular weight is 359 g/mol. The molecule has 0 unspecified atom stereocenters. The van der Waals surface area contributed by atoms with Crippen LogP contribution in [0.2, 0.25) is 0 Å². The van der Waals surface area contributed by atoms with E-state index in [0.717, 1.165) is 17.7 Å². The number of piperidine rings is 1. The molecule has 2 aromatic rings. The molecular weight excluding hydrogens is 340 g/mol. The summed E-state index contributed by atoms with van der Waals surface area (Å²) in [4.78, 5) is 30.1. The highest BCUT2D eigenvalue weighted by Gasteiger charge is 2.28. The van der Waals surface area contributed by atoms with Crippen LogP contribution in [0, 0.1) is 17.6 Å². The van der Waals surface area contributed by atoms with Gasteiger partial charge < -0.3 is 10.2 Å². The van der Waals surface area contributed by atoms with Crippen LogP contribution in [-0.4, -0.2) is 34.8 Å². The first-order chi connectivity index (χ1) is 12.5. The van der Waals surface area contributed by atoms with Gasteiger partial charge in [-0.2, -0.15) is 0 Å². The van der Waals surface area contributed by atoms with Crippen molar-refractivity contribution >= 4 is 11.8 Å². The van der Waals surface area contributed by atoms with Gasteiger partial charge in [0, 0.05) is 44.0 Å². The number of likely N-dealkylation sites (tertiary alicyclic amines) is 1. The van der Waals surface area contributed by atoms with E-state index in [2.05, 4.69) is 10.3 Å². The van der Waals surface area contributed by atoms with Crippen LogP contribution in [0.1, 0.15) is 28.8 Å². The zero-order chi connectivity index (χ0) is 18.5. The molecule has 7 heteroatoms. The summed E-state index contributed by atoms with van der Waals surface area (Å²) in [5.74, 6) is -2.31. The van der Waals surface area contributed by atoms with Crippen LogP contribution in [0.5, 0.6) is 0 Å². The number of amides is 2. The van der Waals surface area contributed by atoms with Gasteiger partial charge in [-0.1, -0.05) is 6.07 Å². The van der Waals surface area contributed by atoms with Gasteiger partial charge >= 0.3 is 0 Å².